The molecule has 2 rings (SSSR count). The first kappa shape index (κ1) is 11.6. The maximum absolute atomic E-state index is 5.93. The summed E-state index contributed by atoms with van der Waals surface area (Å²) in [5.74, 6) is 0.621. The van der Waals surface area contributed by atoms with E-state index in [4.69, 9.17) is 4.74 Å². The van der Waals surface area contributed by atoms with E-state index in [0.29, 0.717) is 5.92 Å². The molecule has 1 aromatic carbocycles. The summed E-state index contributed by atoms with van der Waals surface area (Å²) < 4.78 is 5.93. The van der Waals surface area contributed by atoms with Gasteiger partial charge in [-0.1, -0.05) is 30.3 Å². The Hall–Kier alpha value is -0.860. The molecule has 2 nitrogen and oxygen atoms in total. The molecular formula is C14H21NO. The minimum atomic E-state index is 0.263. The van der Waals surface area contributed by atoms with Crippen molar-refractivity contribution >= 4 is 0 Å². The molecule has 0 aromatic heterocycles. The highest BCUT2D eigenvalue weighted by atomic mass is 16.5. The number of ether oxygens (including phenoxy) is 1. The van der Waals surface area contributed by atoms with Crippen LogP contribution >= 0.6 is 0 Å². The summed E-state index contributed by atoms with van der Waals surface area (Å²) in [7, 11) is 0. The van der Waals surface area contributed by atoms with Gasteiger partial charge in [0.1, 0.15) is 0 Å². The molecule has 1 aliphatic heterocycles. The van der Waals surface area contributed by atoms with Crippen molar-refractivity contribution in [2.45, 2.75) is 25.9 Å². The molecule has 88 valence electrons. The number of piperidine rings is 1. The SMILES string of the molecule is CCOC(c1ccccc1)C1CCCNC1. The molecule has 2 unspecified atom stereocenters. The summed E-state index contributed by atoms with van der Waals surface area (Å²) in [6.45, 7) is 5.10. The summed E-state index contributed by atoms with van der Waals surface area (Å²) in [4.78, 5) is 0. The van der Waals surface area contributed by atoms with Crippen LogP contribution < -0.4 is 5.32 Å². The number of benzene rings is 1. The molecule has 0 saturated carbocycles. The molecule has 1 heterocycles. The first-order chi connectivity index (χ1) is 7.92. The van der Waals surface area contributed by atoms with E-state index in [9.17, 15) is 0 Å². The van der Waals surface area contributed by atoms with Gasteiger partial charge in [-0.15, -0.1) is 0 Å². The smallest absolute Gasteiger partial charge is 0.0865 e. The highest BCUT2D eigenvalue weighted by molar-refractivity contribution is 5.18. The zero-order valence-corrected chi connectivity index (χ0v) is 9.99. The van der Waals surface area contributed by atoms with Gasteiger partial charge in [-0.3, -0.25) is 0 Å². The second-order valence-electron chi connectivity index (χ2n) is 4.39. The van der Waals surface area contributed by atoms with E-state index in [1.165, 1.54) is 18.4 Å². The van der Waals surface area contributed by atoms with Gasteiger partial charge in [0, 0.05) is 19.1 Å². The van der Waals surface area contributed by atoms with Crippen LogP contribution in [0, 0.1) is 5.92 Å². The lowest BCUT2D eigenvalue weighted by Crippen LogP contribution is -2.34. The minimum absolute atomic E-state index is 0.263. The molecule has 1 aromatic rings. The van der Waals surface area contributed by atoms with Crippen molar-refractivity contribution in [1.82, 2.24) is 5.32 Å². The molecule has 16 heavy (non-hydrogen) atoms. The normalized spacial score (nSPS) is 22.9. The lowest BCUT2D eigenvalue weighted by Gasteiger charge is -2.30. The number of hydrogen-bond donors (Lipinski definition) is 1. The molecule has 1 aliphatic rings. The van der Waals surface area contributed by atoms with E-state index < -0.39 is 0 Å². The summed E-state index contributed by atoms with van der Waals surface area (Å²) in [6, 6.07) is 10.6. The van der Waals surface area contributed by atoms with Crippen molar-refractivity contribution in [3.8, 4) is 0 Å². The third-order valence-electron chi connectivity index (χ3n) is 3.24. The second kappa shape index (κ2) is 6.02. The molecule has 1 N–H and O–H groups in total. The van der Waals surface area contributed by atoms with Gasteiger partial charge in [-0.2, -0.15) is 0 Å². The standard InChI is InChI=1S/C14H21NO/c1-2-16-14(12-7-4-3-5-8-12)13-9-6-10-15-11-13/h3-5,7-8,13-15H,2,6,9-11H2,1H3. The van der Waals surface area contributed by atoms with Crippen molar-refractivity contribution in [3.05, 3.63) is 35.9 Å². The average Bonchev–Trinajstić information content (AvgIpc) is 2.38. The second-order valence-corrected chi connectivity index (χ2v) is 4.39. The van der Waals surface area contributed by atoms with Gasteiger partial charge in [0.05, 0.1) is 6.10 Å². The van der Waals surface area contributed by atoms with Crippen LogP contribution in [0.5, 0.6) is 0 Å². The zero-order valence-electron chi connectivity index (χ0n) is 9.99. The van der Waals surface area contributed by atoms with Crippen LogP contribution in [0.25, 0.3) is 0 Å². The topological polar surface area (TPSA) is 21.3 Å². The fourth-order valence-electron chi connectivity index (χ4n) is 2.46. The van der Waals surface area contributed by atoms with E-state index in [1.807, 2.05) is 0 Å². The van der Waals surface area contributed by atoms with E-state index in [1.54, 1.807) is 0 Å². The lowest BCUT2D eigenvalue weighted by molar-refractivity contribution is 0.0103. The third kappa shape index (κ3) is 2.83. The van der Waals surface area contributed by atoms with Gasteiger partial charge < -0.3 is 10.1 Å². The molecule has 2 heteroatoms. The van der Waals surface area contributed by atoms with E-state index in [2.05, 4.69) is 42.6 Å². The molecule has 1 saturated heterocycles. The Balaban J connectivity index is 2.09. The van der Waals surface area contributed by atoms with Gasteiger partial charge in [-0.05, 0) is 31.9 Å². The van der Waals surface area contributed by atoms with Crippen molar-refractivity contribution in [3.63, 3.8) is 0 Å². The molecular weight excluding hydrogens is 198 g/mol. The van der Waals surface area contributed by atoms with Crippen LogP contribution in [0.1, 0.15) is 31.4 Å². The van der Waals surface area contributed by atoms with Crippen LogP contribution in [0.4, 0.5) is 0 Å². The van der Waals surface area contributed by atoms with Crippen LogP contribution in [-0.2, 0) is 4.74 Å². The van der Waals surface area contributed by atoms with Gasteiger partial charge >= 0.3 is 0 Å². The number of rotatable bonds is 4. The number of nitrogens with one attached hydrogen (secondary N) is 1. The summed E-state index contributed by atoms with van der Waals surface area (Å²) in [5, 5.41) is 3.46. The number of hydrogen-bond acceptors (Lipinski definition) is 2. The Labute approximate surface area is 98.0 Å². The zero-order chi connectivity index (χ0) is 11.2. The molecule has 0 bridgehead atoms. The summed E-state index contributed by atoms with van der Waals surface area (Å²) in [5.41, 5.74) is 1.32. The molecule has 2 atom stereocenters. The van der Waals surface area contributed by atoms with Crippen LogP contribution in [0.3, 0.4) is 0 Å². The quantitative estimate of drug-likeness (QED) is 0.840. The van der Waals surface area contributed by atoms with E-state index in [0.717, 1.165) is 19.7 Å². The first-order valence-electron chi connectivity index (χ1n) is 6.29. The van der Waals surface area contributed by atoms with Gasteiger partial charge in [0.25, 0.3) is 0 Å². The highest BCUT2D eigenvalue weighted by Gasteiger charge is 2.24. The van der Waals surface area contributed by atoms with Gasteiger partial charge in [0.15, 0.2) is 0 Å². The fraction of sp³-hybridized carbons (Fsp3) is 0.571. The maximum Gasteiger partial charge on any atom is 0.0865 e. The van der Waals surface area contributed by atoms with Crippen LogP contribution in [0.2, 0.25) is 0 Å². The van der Waals surface area contributed by atoms with Crippen molar-refractivity contribution in [2.75, 3.05) is 19.7 Å². The first-order valence-corrected chi connectivity index (χ1v) is 6.29. The Morgan fingerprint density at radius 1 is 1.38 bits per heavy atom. The Morgan fingerprint density at radius 3 is 2.81 bits per heavy atom. The molecule has 1 fully saturated rings. The van der Waals surface area contributed by atoms with Crippen LogP contribution in [-0.4, -0.2) is 19.7 Å². The lowest BCUT2D eigenvalue weighted by atomic mass is 9.89. The minimum Gasteiger partial charge on any atom is -0.373 e. The van der Waals surface area contributed by atoms with Crippen molar-refractivity contribution < 1.29 is 4.74 Å². The van der Waals surface area contributed by atoms with Crippen molar-refractivity contribution in [1.29, 1.82) is 0 Å². The molecule has 0 amide bonds. The predicted molar refractivity (Wildman–Crippen MR) is 66.4 cm³/mol. The predicted octanol–water partition coefficient (Wildman–Crippen LogP) is 2.76. The maximum atomic E-state index is 5.93. The third-order valence-corrected chi connectivity index (χ3v) is 3.24. The highest BCUT2D eigenvalue weighted by Crippen LogP contribution is 2.30. The monoisotopic (exact) mass is 219 g/mol. The Morgan fingerprint density at radius 2 is 2.19 bits per heavy atom. The largest absolute Gasteiger partial charge is 0.373 e. The van der Waals surface area contributed by atoms with Gasteiger partial charge in [-0.25, -0.2) is 0 Å². The summed E-state index contributed by atoms with van der Waals surface area (Å²) >= 11 is 0. The molecule has 0 radical (unpaired) electrons. The fourth-order valence-corrected chi connectivity index (χ4v) is 2.46. The Bertz CT molecular complexity index is 293. The summed E-state index contributed by atoms with van der Waals surface area (Å²) in [6.07, 6.45) is 2.80. The van der Waals surface area contributed by atoms with Gasteiger partial charge in [0.2, 0.25) is 0 Å². The molecule has 0 spiro atoms. The average molecular weight is 219 g/mol. The van der Waals surface area contributed by atoms with Crippen molar-refractivity contribution in [2.24, 2.45) is 5.92 Å². The van der Waals surface area contributed by atoms with E-state index in [-0.39, 0.29) is 6.10 Å². The van der Waals surface area contributed by atoms with E-state index >= 15 is 0 Å². The van der Waals surface area contributed by atoms with Crippen LogP contribution in [0.15, 0.2) is 30.3 Å². The molecule has 0 aliphatic carbocycles. The Kier molecular flexibility index (Phi) is 4.37.